The number of amidine groups is 1. The van der Waals surface area contributed by atoms with Crippen LogP contribution in [-0.4, -0.2) is 25.2 Å². The number of thiazole rings is 1. The van der Waals surface area contributed by atoms with E-state index in [0.717, 1.165) is 23.5 Å². The van der Waals surface area contributed by atoms with Crippen LogP contribution in [0.15, 0.2) is 63.2 Å². The monoisotopic (exact) mass is 441 g/mol. The van der Waals surface area contributed by atoms with Gasteiger partial charge in [0.15, 0.2) is 5.84 Å². The van der Waals surface area contributed by atoms with Gasteiger partial charge in [0.05, 0.1) is 16.3 Å². The predicted octanol–water partition coefficient (Wildman–Crippen LogP) is 4.01. The molecule has 0 bridgehead atoms. The molecule has 1 N–H and O–H groups in total. The normalized spacial score (nSPS) is 14.1. The molecule has 0 atom stereocenters. The zero-order valence-corrected chi connectivity index (χ0v) is 17.8. The summed E-state index contributed by atoms with van der Waals surface area (Å²) in [5, 5.41) is 5.94. The Morgan fingerprint density at radius 2 is 1.90 bits per heavy atom. The molecule has 0 fully saturated rings. The van der Waals surface area contributed by atoms with Crippen LogP contribution >= 0.6 is 11.3 Å². The summed E-state index contributed by atoms with van der Waals surface area (Å²) in [5.41, 5.74) is 2.27. The largest absolute Gasteiger partial charge is 0.456 e. The van der Waals surface area contributed by atoms with Crippen LogP contribution in [0.4, 0.5) is 5.69 Å². The molecule has 1 aliphatic rings. The van der Waals surface area contributed by atoms with Crippen LogP contribution in [0, 0.1) is 0 Å². The van der Waals surface area contributed by atoms with Gasteiger partial charge < -0.3 is 10.1 Å². The number of carbonyl (C=O) groups excluding carboxylic acids is 1. The van der Waals surface area contributed by atoms with E-state index in [1.807, 2.05) is 5.38 Å². The summed E-state index contributed by atoms with van der Waals surface area (Å²) in [6, 6.07) is 13.2. The number of aryl methyl sites for hydroxylation is 1. The van der Waals surface area contributed by atoms with Crippen LogP contribution < -0.4 is 5.32 Å². The average molecular weight is 442 g/mol. The number of ether oxygens (including phenoxy) is 1. The van der Waals surface area contributed by atoms with Crippen LogP contribution in [0.25, 0.3) is 0 Å². The minimum atomic E-state index is -3.69. The summed E-state index contributed by atoms with van der Waals surface area (Å²) in [6.45, 7) is 2.22. The zero-order chi connectivity index (χ0) is 21.1. The van der Waals surface area contributed by atoms with Crippen molar-refractivity contribution >= 4 is 38.9 Å². The maximum Gasteiger partial charge on any atom is 0.338 e. The molecule has 9 heteroatoms. The number of nitrogens with one attached hydrogen (secondary N) is 1. The van der Waals surface area contributed by atoms with Gasteiger partial charge in [-0.05, 0) is 49.2 Å². The van der Waals surface area contributed by atoms with E-state index >= 15 is 0 Å². The van der Waals surface area contributed by atoms with Gasteiger partial charge in [0.25, 0.3) is 10.0 Å². The summed E-state index contributed by atoms with van der Waals surface area (Å²) < 4.78 is 33.4. The van der Waals surface area contributed by atoms with Gasteiger partial charge in [-0.25, -0.2) is 9.78 Å². The quantitative estimate of drug-likeness (QED) is 0.581. The fraction of sp³-hybridized carbons (Fsp3) is 0.190. The molecule has 0 spiro atoms. The Bertz CT molecular complexity index is 1220. The van der Waals surface area contributed by atoms with Crippen LogP contribution in [0.1, 0.15) is 40.0 Å². The molecule has 30 heavy (non-hydrogen) atoms. The molecule has 1 aliphatic heterocycles. The Labute approximate surface area is 178 Å². The lowest BCUT2D eigenvalue weighted by Gasteiger charge is -2.08. The highest BCUT2D eigenvalue weighted by molar-refractivity contribution is 7.90. The van der Waals surface area contributed by atoms with Crippen LogP contribution in [-0.2, 0) is 27.8 Å². The Balaban J connectivity index is 1.40. The molecule has 2 heterocycles. The molecule has 0 unspecified atom stereocenters. The molecule has 7 nitrogen and oxygen atoms in total. The van der Waals surface area contributed by atoms with E-state index in [9.17, 15) is 13.2 Å². The number of nitrogens with zero attached hydrogens (tertiary/aromatic N) is 2. The summed E-state index contributed by atoms with van der Waals surface area (Å²) >= 11 is 1.57. The maximum atomic E-state index is 12.3. The average Bonchev–Trinajstić information content (AvgIpc) is 3.29. The highest BCUT2D eigenvalue weighted by atomic mass is 32.2. The maximum absolute atomic E-state index is 12.3. The first-order chi connectivity index (χ1) is 14.5. The van der Waals surface area contributed by atoms with Crippen LogP contribution in [0.3, 0.4) is 0 Å². The van der Waals surface area contributed by atoms with Gasteiger partial charge in [-0.1, -0.05) is 19.1 Å². The molecular weight excluding hydrogens is 422 g/mol. The van der Waals surface area contributed by atoms with Gasteiger partial charge in [-0.15, -0.1) is 15.7 Å². The smallest absolute Gasteiger partial charge is 0.338 e. The van der Waals surface area contributed by atoms with E-state index in [4.69, 9.17) is 4.74 Å². The fourth-order valence-electron chi connectivity index (χ4n) is 2.99. The number of benzene rings is 2. The van der Waals surface area contributed by atoms with Gasteiger partial charge >= 0.3 is 5.97 Å². The highest BCUT2D eigenvalue weighted by Gasteiger charge is 2.28. The fourth-order valence-corrected chi connectivity index (χ4v) is 5.05. The lowest BCUT2D eigenvalue weighted by molar-refractivity contribution is 0.0468. The number of fused-ring (bicyclic) bond motifs is 1. The van der Waals surface area contributed by atoms with E-state index in [-0.39, 0.29) is 17.3 Å². The summed E-state index contributed by atoms with van der Waals surface area (Å²) in [5.74, 6) is -0.190. The first-order valence-corrected chi connectivity index (χ1v) is 11.7. The predicted molar refractivity (Wildman–Crippen MR) is 115 cm³/mol. The molecule has 0 amide bonds. The van der Waals surface area contributed by atoms with E-state index in [1.165, 1.54) is 6.07 Å². The number of carbonyl (C=O) groups is 1. The third-order valence-corrected chi connectivity index (χ3v) is 6.72. The molecule has 1 aromatic heterocycles. The summed E-state index contributed by atoms with van der Waals surface area (Å²) in [6.07, 6.45) is 1.95. The Kier molecular flexibility index (Phi) is 5.65. The van der Waals surface area contributed by atoms with Crippen molar-refractivity contribution < 1.29 is 17.9 Å². The van der Waals surface area contributed by atoms with Gasteiger partial charge in [-0.3, -0.25) is 0 Å². The SMILES string of the molecule is CCCc1nc(COC(=O)c2ccc(NC3=NS(=O)(=O)c4ccccc43)cc2)cs1. The number of hydrogen-bond acceptors (Lipinski definition) is 7. The van der Waals surface area contributed by atoms with Crippen molar-refractivity contribution in [3.63, 3.8) is 0 Å². The third kappa shape index (κ3) is 4.27. The first-order valence-electron chi connectivity index (χ1n) is 9.38. The van der Waals surface area contributed by atoms with E-state index in [2.05, 4.69) is 21.6 Å². The first kappa shape index (κ1) is 20.2. The van der Waals surface area contributed by atoms with E-state index in [0.29, 0.717) is 16.8 Å². The molecule has 154 valence electrons. The molecule has 0 saturated heterocycles. The van der Waals surface area contributed by atoms with Gasteiger partial charge in [0.1, 0.15) is 11.5 Å². The molecule has 0 aliphatic carbocycles. The number of sulfonamides is 1. The molecule has 0 radical (unpaired) electrons. The van der Waals surface area contributed by atoms with Crippen molar-refractivity contribution in [2.75, 3.05) is 5.32 Å². The highest BCUT2D eigenvalue weighted by Crippen LogP contribution is 2.26. The second kappa shape index (κ2) is 8.37. The number of esters is 1. The number of hydrogen-bond donors (Lipinski definition) is 1. The van der Waals surface area contributed by atoms with E-state index < -0.39 is 16.0 Å². The third-order valence-electron chi connectivity index (χ3n) is 4.43. The van der Waals surface area contributed by atoms with Crippen molar-refractivity contribution in [2.24, 2.45) is 4.40 Å². The standard InChI is InChI=1S/C21H19N3O4S2/c1-2-5-19-22-16(13-29-19)12-28-21(25)14-8-10-15(11-9-14)23-20-17-6-3-4-7-18(17)30(26,27)24-20/h3-4,6-11,13H,2,5,12H2,1H3,(H,23,24). The molecule has 0 saturated carbocycles. The number of aromatic nitrogens is 1. The van der Waals surface area contributed by atoms with Crippen LogP contribution in [0.5, 0.6) is 0 Å². The second-order valence-electron chi connectivity index (χ2n) is 6.67. The Morgan fingerprint density at radius 3 is 2.67 bits per heavy atom. The Hall–Kier alpha value is -3.04. The van der Waals surface area contributed by atoms with Crippen molar-refractivity contribution in [3.05, 3.63) is 75.7 Å². The zero-order valence-electron chi connectivity index (χ0n) is 16.2. The van der Waals surface area contributed by atoms with E-state index in [1.54, 1.807) is 53.8 Å². The van der Waals surface area contributed by atoms with Crippen molar-refractivity contribution in [2.45, 2.75) is 31.3 Å². The van der Waals surface area contributed by atoms with Crippen molar-refractivity contribution in [1.29, 1.82) is 0 Å². The molecule has 2 aromatic carbocycles. The molecular formula is C21H19N3O4S2. The van der Waals surface area contributed by atoms with Crippen molar-refractivity contribution in [3.8, 4) is 0 Å². The summed E-state index contributed by atoms with van der Waals surface area (Å²) in [7, 11) is -3.69. The minimum absolute atomic E-state index is 0.129. The van der Waals surface area contributed by atoms with Crippen LogP contribution in [0.2, 0.25) is 0 Å². The Morgan fingerprint density at radius 1 is 1.13 bits per heavy atom. The van der Waals surface area contributed by atoms with Crippen molar-refractivity contribution in [1.82, 2.24) is 4.98 Å². The minimum Gasteiger partial charge on any atom is -0.456 e. The topological polar surface area (TPSA) is 97.7 Å². The molecule has 3 aromatic rings. The second-order valence-corrected chi connectivity index (χ2v) is 9.19. The lowest BCUT2D eigenvalue weighted by Crippen LogP contribution is -2.11. The van der Waals surface area contributed by atoms with Gasteiger partial charge in [0.2, 0.25) is 0 Å². The summed E-state index contributed by atoms with van der Waals surface area (Å²) in [4.78, 5) is 16.9. The number of rotatable bonds is 6. The molecule has 4 rings (SSSR count). The number of anilines is 1. The van der Waals surface area contributed by atoms with Gasteiger partial charge in [0, 0.05) is 16.6 Å². The lowest BCUT2D eigenvalue weighted by atomic mass is 10.1. The van der Waals surface area contributed by atoms with Gasteiger partial charge in [-0.2, -0.15) is 8.42 Å².